The van der Waals surface area contributed by atoms with Crippen LogP contribution in [0.3, 0.4) is 0 Å². The minimum Gasteiger partial charge on any atom is -0.396 e. The van der Waals surface area contributed by atoms with Crippen LogP contribution in [-0.2, 0) is 4.74 Å². The number of rotatable bonds is 10. The highest BCUT2D eigenvalue weighted by molar-refractivity contribution is 14.0. The lowest BCUT2D eigenvalue weighted by Gasteiger charge is -2.29. The molecule has 1 unspecified atom stereocenters. The highest BCUT2D eigenvalue weighted by Crippen LogP contribution is 2.30. The Kier molecular flexibility index (Phi) is 15.0. The fourth-order valence-corrected chi connectivity index (χ4v) is 2.24. The number of aliphatic hydroxyl groups is 1. The molecule has 21 heavy (non-hydrogen) atoms. The van der Waals surface area contributed by atoms with E-state index in [1.165, 1.54) is 0 Å². The first-order valence-corrected chi connectivity index (χ1v) is 7.72. The van der Waals surface area contributed by atoms with E-state index in [2.05, 4.69) is 38.3 Å². The molecular weight excluding hydrogens is 381 g/mol. The van der Waals surface area contributed by atoms with Crippen LogP contribution < -0.4 is 10.6 Å². The van der Waals surface area contributed by atoms with Crippen LogP contribution in [0.25, 0.3) is 0 Å². The van der Waals surface area contributed by atoms with Crippen LogP contribution in [0.15, 0.2) is 4.99 Å². The molecule has 0 amide bonds. The lowest BCUT2D eigenvalue weighted by Crippen LogP contribution is -2.44. The van der Waals surface area contributed by atoms with Gasteiger partial charge in [0.15, 0.2) is 5.96 Å². The molecule has 6 heteroatoms. The summed E-state index contributed by atoms with van der Waals surface area (Å²) in [6.45, 7) is 10.9. The molecule has 0 spiro atoms. The van der Waals surface area contributed by atoms with Crippen LogP contribution in [-0.4, -0.2) is 50.5 Å². The lowest BCUT2D eigenvalue weighted by atomic mass is 9.79. The maximum absolute atomic E-state index is 9.25. The van der Waals surface area contributed by atoms with Crippen molar-refractivity contribution < 1.29 is 9.84 Å². The normalized spacial score (nSPS) is 13.5. The monoisotopic (exact) mass is 415 g/mol. The molecule has 0 aromatic rings. The van der Waals surface area contributed by atoms with E-state index in [0.717, 1.165) is 38.3 Å². The zero-order valence-corrected chi connectivity index (χ0v) is 16.6. The summed E-state index contributed by atoms with van der Waals surface area (Å²) in [6, 6.07) is 0.216. The van der Waals surface area contributed by atoms with Crippen molar-refractivity contribution in [1.29, 1.82) is 0 Å². The topological polar surface area (TPSA) is 65.9 Å². The predicted octanol–water partition coefficient (Wildman–Crippen LogP) is 2.38. The largest absolute Gasteiger partial charge is 0.396 e. The summed E-state index contributed by atoms with van der Waals surface area (Å²) in [5, 5.41) is 15.8. The van der Waals surface area contributed by atoms with Gasteiger partial charge in [-0.05, 0) is 38.5 Å². The first-order valence-electron chi connectivity index (χ1n) is 7.72. The second-order valence-electron chi connectivity index (χ2n) is 5.38. The van der Waals surface area contributed by atoms with Crippen LogP contribution in [0.2, 0.25) is 0 Å². The van der Waals surface area contributed by atoms with E-state index in [0.29, 0.717) is 6.61 Å². The molecular formula is C15H34IN3O2. The minimum atomic E-state index is 0. The van der Waals surface area contributed by atoms with Gasteiger partial charge in [0.25, 0.3) is 0 Å². The number of aliphatic imine (C=N–C) groups is 1. The first-order chi connectivity index (χ1) is 9.57. The summed E-state index contributed by atoms with van der Waals surface area (Å²) in [6.07, 6.45) is 2.86. The maximum Gasteiger partial charge on any atom is 0.191 e. The standard InChI is InChI=1S/C15H33N3O2.HI/c1-6-15(7-2,9-10-19)12-17-14(16-8-3)18-13(4)11-20-5;/h13,19H,6-12H2,1-5H3,(H2,16,17,18);1H. The molecule has 0 saturated heterocycles. The SMILES string of the molecule is CCNC(=NCC(CC)(CC)CCO)NC(C)COC.I. The molecule has 0 aromatic carbocycles. The zero-order valence-electron chi connectivity index (χ0n) is 14.2. The van der Waals surface area contributed by atoms with Gasteiger partial charge in [0.1, 0.15) is 0 Å². The Hall–Kier alpha value is -0.0800. The molecule has 0 radical (unpaired) electrons. The molecule has 0 heterocycles. The van der Waals surface area contributed by atoms with Crippen molar-refractivity contribution in [3.8, 4) is 0 Å². The predicted molar refractivity (Wildman–Crippen MR) is 101 cm³/mol. The molecule has 0 aliphatic carbocycles. The minimum absolute atomic E-state index is 0. The summed E-state index contributed by atoms with van der Waals surface area (Å²) in [5.41, 5.74) is 0.0988. The van der Waals surface area contributed by atoms with Crippen molar-refractivity contribution in [2.45, 2.75) is 53.0 Å². The number of ether oxygens (including phenoxy) is 1. The highest BCUT2D eigenvalue weighted by Gasteiger charge is 2.25. The molecule has 5 nitrogen and oxygen atoms in total. The maximum atomic E-state index is 9.25. The van der Waals surface area contributed by atoms with Gasteiger partial charge in [-0.1, -0.05) is 13.8 Å². The average Bonchev–Trinajstić information content (AvgIpc) is 2.44. The summed E-state index contributed by atoms with van der Waals surface area (Å²) in [4.78, 5) is 4.70. The van der Waals surface area contributed by atoms with Crippen molar-refractivity contribution in [3.05, 3.63) is 0 Å². The number of hydrogen-bond acceptors (Lipinski definition) is 3. The van der Waals surface area contributed by atoms with Crippen molar-refractivity contribution >= 4 is 29.9 Å². The first kappa shape index (κ1) is 23.2. The van der Waals surface area contributed by atoms with E-state index >= 15 is 0 Å². The van der Waals surface area contributed by atoms with Crippen molar-refractivity contribution in [1.82, 2.24) is 10.6 Å². The third-order valence-electron chi connectivity index (χ3n) is 3.86. The fourth-order valence-electron chi connectivity index (χ4n) is 2.24. The molecule has 1 atom stereocenters. The van der Waals surface area contributed by atoms with Crippen LogP contribution in [0.5, 0.6) is 0 Å². The van der Waals surface area contributed by atoms with Gasteiger partial charge in [-0.3, -0.25) is 4.99 Å². The average molecular weight is 415 g/mol. The van der Waals surface area contributed by atoms with Crippen LogP contribution in [0.1, 0.15) is 47.0 Å². The molecule has 0 fully saturated rings. The van der Waals surface area contributed by atoms with Crippen LogP contribution in [0.4, 0.5) is 0 Å². The van der Waals surface area contributed by atoms with Crippen molar-refractivity contribution in [2.24, 2.45) is 10.4 Å². The molecule has 0 aliphatic heterocycles. The quantitative estimate of drug-likeness (QED) is 0.291. The number of aliphatic hydroxyl groups excluding tert-OH is 1. The van der Waals surface area contributed by atoms with Gasteiger partial charge in [0.05, 0.1) is 6.61 Å². The number of hydrogen-bond donors (Lipinski definition) is 3. The zero-order chi connectivity index (χ0) is 15.4. The fraction of sp³-hybridized carbons (Fsp3) is 0.933. The van der Waals surface area contributed by atoms with E-state index in [1.54, 1.807) is 7.11 Å². The molecule has 0 bridgehead atoms. The molecule has 128 valence electrons. The van der Waals surface area contributed by atoms with Gasteiger partial charge < -0.3 is 20.5 Å². The molecule has 0 aliphatic rings. The summed E-state index contributed by atoms with van der Waals surface area (Å²) < 4.78 is 5.13. The van der Waals surface area contributed by atoms with Crippen molar-refractivity contribution in [3.63, 3.8) is 0 Å². The number of guanidine groups is 1. The van der Waals surface area contributed by atoms with Gasteiger partial charge in [0.2, 0.25) is 0 Å². The number of nitrogens with one attached hydrogen (secondary N) is 2. The molecule has 0 aromatic heterocycles. The third-order valence-corrected chi connectivity index (χ3v) is 3.86. The Morgan fingerprint density at radius 2 is 1.90 bits per heavy atom. The Labute approximate surface area is 147 Å². The third kappa shape index (κ3) is 9.52. The molecule has 0 saturated carbocycles. The van der Waals surface area contributed by atoms with Crippen LogP contribution in [0, 0.1) is 5.41 Å². The van der Waals surface area contributed by atoms with E-state index < -0.39 is 0 Å². The smallest absolute Gasteiger partial charge is 0.191 e. The molecule has 3 N–H and O–H groups in total. The van der Waals surface area contributed by atoms with Gasteiger partial charge in [0, 0.05) is 32.8 Å². The van der Waals surface area contributed by atoms with Gasteiger partial charge in [-0.2, -0.15) is 0 Å². The van der Waals surface area contributed by atoms with Crippen molar-refractivity contribution in [2.75, 3.05) is 33.4 Å². The number of methoxy groups -OCH3 is 1. The lowest BCUT2D eigenvalue weighted by molar-refractivity contribution is 0.174. The summed E-state index contributed by atoms with van der Waals surface area (Å²) in [7, 11) is 1.70. The number of nitrogens with zero attached hydrogens (tertiary/aromatic N) is 1. The number of halogens is 1. The Morgan fingerprint density at radius 1 is 1.29 bits per heavy atom. The second kappa shape index (κ2) is 13.6. The Bertz CT molecular complexity index is 272. The highest BCUT2D eigenvalue weighted by atomic mass is 127. The van der Waals surface area contributed by atoms with E-state index in [4.69, 9.17) is 9.73 Å². The Morgan fingerprint density at radius 3 is 2.33 bits per heavy atom. The van der Waals surface area contributed by atoms with E-state index in [9.17, 15) is 5.11 Å². The summed E-state index contributed by atoms with van der Waals surface area (Å²) >= 11 is 0. The van der Waals surface area contributed by atoms with E-state index in [1.807, 2.05) is 0 Å². The van der Waals surface area contributed by atoms with Gasteiger partial charge in [-0.25, -0.2) is 0 Å². The second-order valence-corrected chi connectivity index (χ2v) is 5.38. The van der Waals surface area contributed by atoms with Gasteiger partial charge >= 0.3 is 0 Å². The molecule has 0 rings (SSSR count). The van der Waals surface area contributed by atoms with Gasteiger partial charge in [-0.15, -0.1) is 24.0 Å². The van der Waals surface area contributed by atoms with Crippen LogP contribution >= 0.6 is 24.0 Å². The Balaban J connectivity index is 0. The summed E-state index contributed by atoms with van der Waals surface area (Å²) in [5.74, 6) is 0.821. The van der Waals surface area contributed by atoms with E-state index in [-0.39, 0.29) is 42.0 Å².